The van der Waals surface area contributed by atoms with Gasteiger partial charge in [0, 0.05) is 132 Å². The highest BCUT2D eigenvalue weighted by atomic mass is 32.1. The second-order valence-electron chi connectivity index (χ2n) is 37.5. The van der Waals surface area contributed by atoms with Crippen molar-refractivity contribution in [3.8, 4) is 91.5 Å². The first-order valence-electron chi connectivity index (χ1n) is 52.0. The molecule has 10 heterocycles. The summed E-state index contributed by atoms with van der Waals surface area (Å²) in [6, 6.07) is 92.3. The van der Waals surface area contributed by atoms with Crippen molar-refractivity contribution in [3.63, 3.8) is 0 Å². The van der Waals surface area contributed by atoms with Crippen LogP contribution in [0, 0.1) is 34.5 Å². The maximum absolute atomic E-state index is 14.2. The SMILES string of the molecule is CCCCC(CC)CN1C(=O)CC(C)=C(C#N)C1=O.CCCCCCc1cc(/C=C2\C(=O)N(CC(CC)CCCC)C(=O)C(C#N)=C2C)sc1-c1ccc(-c2ccc(-c3sc(-c4ccc(N(c5ccccc5)c5ccccc5)cc4)cc3CCCCCC)s2)s1.CCCCCCc1cc(C=O)sc1-c1ccc(-c2ccc(-c3sc(-c4ccc(N(c5ccccc5)c5ccccc5)cc4)cc3CCCCCC)s2)s1. The molecule has 0 saturated heterocycles. The fourth-order valence-electron chi connectivity index (χ4n) is 18.8. The molecule has 0 fully saturated rings. The molecule has 16 rings (SSSR count). The minimum absolute atomic E-state index is 0.0714. The number of aldehydes is 1. The average Bonchev–Trinajstić information content (AvgIpc) is 1.75. The summed E-state index contributed by atoms with van der Waals surface area (Å²) in [4.78, 5) is 90.9. The third kappa shape index (κ3) is 27.9. The summed E-state index contributed by atoms with van der Waals surface area (Å²) < 4.78 is 0. The number of benzene rings is 6. The summed E-state index contributed by atoms with van der Waals surface area (Å²) in [5, 5.41) is 19.2. The molecule has 2 unspecified atom stereocenters. The number of hydrogen-bond acceptors (Lipinski definition) is 17. The molecule has 740 valence electrons. The van der Waals surface area contributed by atoms with E-state index in [0.717, 1.165) is 134 Å². The van der Waals surface area contributed by atoms with Gasteiger partial charge in [0.1, 0.15) is 23.3 Å². The van der Waals surface area contributed by atoms with Gasteiger partial charge < -0.3 is 9.80 Å². The van der Waals surface area contributed by atoms with Gasteiger partial charge in [0.2, 0.25) is 5.91 Å². The van der Waals surface area contributed by atoms with Crippen LogP contribution in [0.3, 0.4) is 0 Å². The third-order valence-electron chi connectivity index (χ3n) is 27.1. The fraction of sp³-hybridized carbons (Fsp3) is 0.347. The van der Waals surface area contributed by atoms with Crippen LogP contribution in [0.1, 0.15) is 267 Å². The molecule has 14 aromatic rings. The lowest BCUT2D eigenvalue weighted by molar-refractivity contribution is -0.144. The zero-order valence-corrected chi connectivity index (χ0v) is 91.3. The number of carbonyl (C=O) groups is 5. The Kier molecular flexibility index (Phi) is 41.0. The van der Waals surface area contributed by atoms with Crippen molar-refractivity contribution in [2.75, 3.05) is 22.9 Å². The number of unbranched alkanes of at least 4 members (excludes halogenated alkanes) is 14. The highest BCUT2D eigenvalue weighted by molar-refractivity contribution is 7.30. The number of carbonyl (C=O) groups excluding carboxylic acids is 5. The topological polar surface area (TPSA) is 146 Å². The highest BCUT2D eigenvalue weighted by Gasteiger charge is 2.38. The Morgan fingerprint density at radius 1 is 0.329 bits per heavy atom. The van der Waals surface area contributed by atoms with Gasteiger partial charge in [-0.15, -0.1) is 90.7 Å². The Balaban J connectivity index is 0.000000197. The molecule has 8 aromatic heterocycles. The van der Waals surface area contributed by atoms with Crippen molar-refractivity contribution in [2.45, 2.75) is 255 Å². The van der Waals surface area contributed by atoms with Crippen LogP contribution in [-0.2, 0) is 44.9 Å². The number of hydrogen-bond donors (Lipinski definition) is 0. The number of aryl methyl sites for hydroxylation is 4. The van der Waals surface area contributed by atoms with Crippen LogP contribution in [0.5, 0.6) is 0 Å². The van der Waals surface area contributed by atoms with E-state index in [-0.39, 0.29) is 35.3 Å². The first-order valence-corrected chi connectivity index (χ1v) is 58.5. The van der Waals surface area contributed by atoms with Crippen LogP contribution in [-0.4, -0.2) is 52.8 Å². The molecule has 0 radical (unpaired) electrons. The molecule has 0 saturated carbocycles. The molecule has 0 aliphatic carbocycles. The van der Waals surface area contributed by atoms with Gasteiger partial charge in [-0.2, -0.15) is 10.5 Å². The van der Waals surface area contributed by atoms with E-state index in [1.165, 1.54) is 208 Å². The molecule has 6 aromatic carbocycles. The summed E-state index contributed by atoms with van der Waals surface area (Å²) in [6.45, 7) is 21.8. The number of anilines is 6. The van der Waals surface area contributed by atoms with E-state index in [9.17, 15) is 29.2 Å². The standard InChI is InChI=1S/C62H67N3O2S4.C47H47NOS4.C15H22N2O2/c1-6-10-13-17-24-46-38-51(40-52-43(5)53(41-63)62(67)64(61(52)66)42-44(9-4)23-12-8-3)68-59(46)56-36-34-54(69-56)55-35-37-57(70-55)60-47(25-18-14-11-7-2)39-58(71-60)45-30-32-50(33-31-45)65(48-26-19-15-20-27-48)49-28-21-16-22-29-49;1-3-5-7-11-17-35-31-40(33-49)50-46(35)43-29-27-41(51-43)42-28-30-44(52-42)47-36(18-12-8-6-4-2)32-45(53-47)34-23-25-39(26-24-34)48(37-19-13-9-14-20-37)38-21-15-10-16-22-38;1-4-6-7-12(5-2)10-17-14(18)8-11(3)13(9-16)15(17)19/h15-16,19-22,26-40,44H,6-14,17-18,23-25,42H2,1-5H3;9-10,13-16,19-33H,3-8,11-12,17-18H2,1-2H3;12H,4-8,10H2,1-3H3/b52-40-;;. The predicted octanol–water partition coefficient (Wildman–Crippen LogP) is 38.1. The number of rotatable bonds is 48. The fourth-order valence-corrected chi connectivity index (χ4v) is 28.2. The zero-order chi connectivity index (χ0) is 101. The number of para-hydroxylation sites is 4. The van der Waals surface area contributed by atoms with E-state index in [0.29, 0.717) is 35.7 Å². The zero-order valence-electron chi connectivity index (χ0n) is 84.8. The molecule has 11 nitrogen and oxygen atoms in total. The maximum Gasteiger partial charge on any atom is 0.271 e. The number of thiophene rings is 8. The Labute approximate surface area is 881 Å². The third-order valence-corrected chi connectivity index (χ3v) is 37.2. The molecule has 0 spiro atoms. The minimum Gasteiger partial charge on any atom is -0.311 e. The second kappa shape index (κ2) is 54.6. The Bertz CT molecular complexity index is 6620. The van der Waals surface area contributed by atoms with Crippen molar-refractivity contribution >= 4 is 161 Å². The quantitative estimate of drug-likeness (QED) is 0.0157. The molecule has 0 bridgehead atoms. The van der Waals surface area contributed by atoms with E-state index in [1.54, 1.807) is 36.5 Å². The highest BCUT2D eigenvalue weighted by Crippen LogP contribution is 2.52. The van der Waals surface area contributed by atoms with E-state index in [4.69, 9.17) is 5.26 Å². The second-order valence-corrected chi connectivity index (χ2v) is 46.1. The largest absolute Gasteiger partial charge is 0.311 e. The first kappa shape index (κ1) is 107. The average molecular weight is 2050 g/mol. The molecule has 0 N–H and O–H groups in total. The van der Waals surface area contributed by atoms with Crippen LogP contribution in [0.4, 0.5) is 34.1 Å². The lowest BCUT2D eigenvalue weighted by atomic mass is 9.92. The Hall–Kier alpha value is -11.3. The molecular weight excluding hydrogens is 1910 g/mol. The molecule has 143 heavy (non-hydrogen) atoms. The van der Waals surface area contributed by atoms with Gasteiger partial charge in [0.15, 0.2) is 6.29 Å². The van der Waals surface area contributed by atoms with Gasteiger partial charge in [0.05, 0.1) is 4.88 Å². The van der Waals surface area contributed by atoms with Crippen LogP contribution >= 0.6 is 90.7 Å². The minimum atomic E-state index is -0.462. The van der Waals surface area contributed by atoms with Gasteiger partial charge in [-0.3, -0.25) is 33.8 Å². The van der Waals surface area contributed by atoms with Crippen LogP contribution in [0.25, 0.3) is 85.5 Å². The lowest BCUT2D eigenvalue weighted by Crippen LogP contribution is -2.45. The number of nitriles is 2. The summed E-state index contributed by atoms with van der Waals surface area (Å²) in [5.74, 6) is -0.785. The smallest absolute Gasteiger partial charge is 0.271 e. The molecule has 19 heteroatoms. The van der Waals surface area contributed by atoms with Gasteiger partial charge in [0.25, 0.3) is 17.7 Å². The first-order chi connectivity index (χ1) is 69.9. The predicted molar refractivity (Wildman–Crippen MR) is 615 cm³/mol. The maximum atomic E-state index is 14.2. The van der Waals surface area contributed by atoms with Crippen molar-refractivity contribution in [1.29, 1.82) is 10.5 Å². The summed E-state index contributed by atoms with van der Waals surface area (Å²) >= 11 is 14.7. The van der Waals surface area contributed by atoms with Crippen LogP contribution < -0.4 is 9.80 Å². The van der Waals surface area contributed by atoms with Crippen LogP contribution in [0.2, 0.25) is 0 Å². The van der Waals surface area contributed by atoms with Gasteiger partial charge in [-0.05, 0) is 286 Å². The number of amides is 4. The number of nitrogens with zero attached hydrogens (tertiary/aromatic N) is 6. The van der Waals surface area contributed by atoms with Crippen molar-refractivity contribution < 1.29 is 24.0 Å². The van der Waals surface area contributed by atoms with Crippen molar-refractivity contribution in [2.24, 2.45) is 11.8 Å². The van der Waals surface area contributed by atoms with Gasteiger partial charge in [-0.1, -0.05) is 268 Å². The molecule has 2 aliphatic rings. The van der Waals surface area contributed by atoms with Crippen LogP contribution in [0.15, 0.2) is 271 Å². The molecule has 2 aliphatic heterocycles. The normalized spacial score (nSPS) is 13.4. The summed E-state index contributed by atoms with van der Waals surface area (Å²) in [6.07, 6.45) is 35.0. The van der Waals surface area contributed by atoms with E-state index >= 15 is 0 Å². The molecular formula is C124H136N6O5S8. The monoisotopic (exact) mass is 2040 g/mol. The van der Waals surface area contributed by atoms with Gasteiger partial charge in [-0.25, -0.2) is 0 Å². The van der Waals surface area contributed by atoms with Crippen molar-refractivity contribution in [3.05, 3.63) is 303 Å². The molecule has 2 atom stereocenters. The Morgan fingerprint density at radius 2 is 0.643 bits per heavy atom. The van der Waals surface area contributed by atoms with E-state index < -0.39 is 11.8 Å². The lowest BCUT2D eigenvalue weighted by Gasteiger charge is -2.30. The Morgan fingerprint density at radius 3 is 0.986 bits per heavy atom. The van der Waals surface area contributed by atoms with Crippen molar-refractivity contribution in [1.82, 2.24) is 9.80 Å². The summed E-state index contributed by atoms with van der Waals surface area (Å²) in [7, 11) is 0. The number of imide groups is 2. The van der Waals surface area contributed by atoms with Gasteiger partial charge >= 0.3 is 0 Å². The van der Waals surface area contributed by atoms with E-state index in [2.05, 4.69) is 314 Å². The summed E-state index contributed by atoms with van der Waals surface area (Å²) in [5.41, 5.74) is 16.6. The van der Waals surface area contributed by atoms with E-state index in [1.807, 2.05) is 80.2 Å². The molecule has 4 amide bonds.